The number of nitrogens with zero attached hydrogens (tertiary/aromatic N) is 2. The van der Waals surface area contributed by atoms with E-state index in [1.54, 1.807) is 0 Å². The zero-order valence-corrected chi connectivity index (χ0v) is 11.3. The van der Waals surface area contributed by atoms with E-state index in [9.17, 15) is 0 Å². The number of rotatable bonds is 6. The Morgan fingerprint density at radius 3 is 2.94 bits per heavy atom. The summed E-state index contributed by atoms with van der Waals surface area (Å²) in [5.74, 6) is 0. The molecule has 1 aromatic heterocycles. The first kappa shape index (κ1) is 13.1. The van der Waals surface area contributed by atoms with Crippen LogP contribution in [0.4, 0.5) is 0 Å². The summed E-state index contributed by atoms with van der Waals surface area (Å²) < 4.78 is 1.94. The lowest BCUT2D eigenvalue weighted by molar-refractivity contribution is 0.684. The van der Waals surface area contributed by atoms with E-state index < -0.39 is 0 Å². The quantitative estimate of drug-likeness (QED) is 0.813. The van der Waals surface area contributed by atoms with Gasteiger partial charge in [-0.15, -0.1) is 0 Å². The Morgan fingerprint density at radius 2 is 2.17 bits per heavy atom. The molecule has 0 spiro atoms. The highest BCUT2D eigenvalue weighted by atomic mass is 35.5. The van der Waals surface area contributed by atoms with E-state index in [1.807, 2.05) is 42.2 Å². The molecule has 1 aromatic carbocycles. The fraction of sp³-hybridized carbons (Fsp3) is 0.357. The van der Waals surface area contributed by atoms with Crippen molar-refractivity contribution in [2.75, 3.05) is 13.6 Å². The molecule has 2 rings (SSSR count). The third-order valence-electron chi connectivity index (χ3n) is 2.87. The van der Waals surface area contributed by atoms with Crippen LogP contribution in [0.5, 0.6) is 0 Å². The smallest absolute Gasteiger partial charge is 0.0673 e. The molecule has 0 aliphatic rings. The van der Waals surface area contributed by atoms with E-state index in [0.717, 1.165) is 36.5 Å². The number of benzene rings is 1. The van der Waals surface area contributed by atoms with Gasteiger partial charge in [-0.25, -0.2) is 0 Å². The molecule has 4 heteroatoms. The van der Waals surface area contributed by atoms with Gasteiger partial charge in [-0.1, -0.05) is 29.8 Å². The summed E-state index contributed by atoms with van der Waals surface area (Å²) in [5.41, 5.74) is 2.38. The van der Waals surface area contributed by atoms with Gasteiger partial charge < -0.3 is 5.32 Å². The molecule has 0 fully saturated rings. The highest BCUT2D eigenvalue weighted by molar-refractivity contribution is 6.31. The third-order valence-corrected chi connectivity index (χ3v) is 3.24. The van der Waals surface area contributed by atoms with E-state index in [2.05, 4.69) is 16.6 Å². The van der Waals surface area contributed by atoms with Crippen LogP contribution >= 0.6 is 11.6 Å². The van der Waals surface area contributed by atoms with Crippen molar-refractivity contribution in [3.8, 4) is 0 Å². The number of aromatic nitrogens is 2. The van der Waals surface area contributed by atoms with Crippen LogP contribution in [-0.4, -0.2) is 23.4 Å². The Balaban J connectivity index is 1.96. The Bertz CT molecular complexity index is 493. The molecular weight excluding hydrogens is 246 g/mol. The molecule has 0 amide bonds. The van der Waals surface area contributed by atoms with Gasteiger partial charge in [0, 0.05) is 11.2 Å². The van der Waals surface area contributed by atoms with E-state index in [-0.39, 0.29) is 0 Å². The molecule has 96 valence electrons. The van der Waals surface area contributed by atoms with Crippen LogP contribution in [0, 0.1) is 0 Å². The molecule has 1 N–H and O–H groups in total. The van der Waals surface area contributed by atoms with Gasteiger partial charge in [-0.05, 0) is 43.6 Å². The highest BCUT2D eigenvalue weighted by Crippen LogP contribution is 2.16. The lowest BCUT2D eigenvalue weighted by atomic mass is 10.2. The monoisotopic (exact) mass is 263 g/mol. The normalized spacial score (nSPS) is 10.8. The molecule has 0 saturated heterocycles. The second-order valence-corrected chi connectivity index (χ2v) is 4.75. The minimum absolute atomic E-state index is 0.728. The molecule has 2 aromatic rings. The van der Waals surface area contributed by atoms with E-state index in [0.29, 0.717) is 0 Å². The van der Waals surface area contributed by atoms with Gasteiger partial charge in [0.2, 0.25) is 0 Å². The SMILES string of the molecule is CNCCCc1cnn(Cc2ccccc2Cl)c1. The zero-order chi connectivity index (χ0) is 12.8. The van der Waals surface area contributed by atoms with Crippen LogP contribution < -0.4 is 5.32 Å². The number of hydrogen-bond donors (Lipinski definition) is 1. The molecule has 18 heavy (non-hydrogen) atoms. The molecule has 0 unspecified atom stereocenters. The molecule has 0 radical (unpaired) electrons. The van der Waals surface area contributed by atoms with Crippen LogP contribution in [0.3, 0.4) is 0 Å². The van der Waals surface area contributed by atoms with Gasteiger partial charge in [0.15, 0.2) is 0 Å². The maximum absolute atomic E-state index is 6.13. The van der Waals surface area contributed by atoms with Crippen molar-refractivity contribution in [1.29, 1.82) is 0 Å². The van der Waals surface area contributed by atoms with Gasteiger partial charge in [-0.2, -0.15) is 5.10 Å². The summed E-state index contributed by atoms with van der Waals surface area (Å²) >= 11 is 6.13. The Kier molecular flexibility index (Phi) is 4.79. The second-order valence-electron chi connectivity index (χ2n) is 4.34. The molecular formula is C14H18ClN3. The first-order valence-electron chi connectivity index (χ1n) is 6.19. The lowest BCUT2D eigenvalue weighted by Gasteiger charge is -2.03. The van der Waals surface area contributed by atoms with Crippen LogP contribution in [0.1, 0.15) is 17.5 Å². The maximum atomic E-state index is 6.13. The van der Waals surface area contributed by atoms with Crippen LogP contribution in [0.15, 0.2) is 36.7 Å². The summed E-state index contributed by atoms with van der Waals surface area (Å²) in [4.78, 5) is 0. The summed E-state index contributed by atoms with van der Waals surface area (Å²) in [6.07, 6.45) is 6.23. The first-order chi connectivity index (χ1) is 8.79. The molecule has 0 saturated carbocycles. The summed E-state index contributed by atoms with van der Waals surface area (Å²) in [6.45, 7) is 1.77. The van der Waals surface area contributed by atoms with Gasteiger partial charge in [0.25, 0.3) is 0 Å². The Hall–Kier alpha value is -1.32. The van der Waals surface area contributed by atoms with Crippen LogP contribution in [0.2, 0.25) is 5.02 Å². The third kappa shape index (κ3) is 3.59. The Labute approximate surface area is 113 Å². The number of halogens is 1. The van der Waals surface area contributed by atoms with Crippen LogP contribution in [-0.2, 0) is 13.0 Å². The number of hydrogen-bond acceptors (Lipinski definition) is 2. The summed E-state index contributed by atoms with van der Waals surface area (Å²) in [7, 11) is 1.97. The van der Waals surface area contributed by atoms with E-state index >= 15 is 0 Å². The van der Waals surface area contributed by atoms with Gasteiger partial charge >= 0.3 is 0 Å². The standard InChI is InChI=1S/C14H18ClN3/c1-16-8-4-5-12-9-17-18(10-12)11-13-6-2-3-7-14(13)15/h2-3,6-7,9-10,16H,4-5,8,11H2,1H3. The van der Waals surface area contributed by atoms with Crippen molar-refractivity contribution in [3.05, 3.63) is 52.8 Å². The highest BCUT2D eigenvalue weighted by Gasteiger charge is 2.02. The minimum atomic E-state index is 0.728. The average molecular weight is 264 g/mol. The largest absolute Gasteiger partial charge is 0.320 e. The van der Waals surface area contributed by atoms with Gasteiger partial charge in [0.05, 0.1) is 12.7 Å². The second kappa shape index (κ2) is 6.57. The van der Waals surface area contributed by atoms with E-state index in [1.165, 1.54) is 5.56 Å². The number of aryl methyl sites for hydroxylation is 1. The summed E-state index contributed by atoms with van der Waals surface area (Å²) in [5, 5.41) is 8.31. The van der Waals surface area contributed by atoms with Crippen molar-refractivity contribution in [1.82, 2.24) is 15.1 Å². The van der Waals surface area contributed by atoms with Gasteiger partial charge in [0.1, 0.15) is 0 Å². The fourth-order valence-corrected chi connectivity index (χ4v) is 2.09. The summed E-state index contributed by atoms with van der Waals surface area (Å²) in [6, 6.07) is 7.88. The fourth-order valence-electron chi connectivity index (χ4n) is 1.89. The molecule has 3 nitrogen and oxygen atoms in total. The topological polar surface area (TPSA) is 29.9 Å². The van der Waals surface area contributed by atoms with Crippen molar-refractivity contribution >= 4 is 11.6 Å². The average Bonchev–Trinajstić information content (AvgIpc) is 2.80. The first-order valence-corrected chi connectivity index (χ1v) is 6.56. The zero-order valence-electron chi connectivity index (χ0n) is 10.6. The van der Waals surface area contributed by atoms with Gasteiger partial charge in [-0.3, -0.25) is 4.68 Å². The maximum Gasteiger partial charge on any atom is 0.0673 e. The van der Waals surface area contributed by atoms with E-state index in [4.69, 9.17) is 11.6 Å². The number of nitrogens with one attached hydrogen (secondary N) is 1. The Morgan fingerprint density at radius 1 is 1.33 bits per heavy atom. The predicted octanol–water partition coefficient (Wildman–Crippen LogP) is 2.74. The predicted molar refractivity (Wildman–Crippen MR) is 75.0 cm³/mol. The lowest BCUT2D eigenvalue weighted by Crippen LogP contribution is -2.08. The molecule has 0 bridgehead atoms. The molecule has 1 heterocycles. The molecule has 0 atom stereocenters. The minimum Gasteiger partial charge on any atom is -0.320 e. The van der Waals surface area contributed by atoms with Crippen molar-refractivity contribution in [2.24, 2.45) is 0 Å². The molecule has 0 aliphatic heterocycles. The van der Waals surface area contributed by atoms with Crippen molar-refractivity contribution in [2.45, 2.75) is 19.4 Å². The van der Waals surface area contributed by atoms with Crippen molar-refractivity contribution in [3.63, 3.8) is 0 Å². The van der Waals surface area contributed by atoms with Crippen LogP contribution in [0.25, 0.3) is 0 Å². The van der Waals surface area contributed by atoms with Crippen molar-refractivity contribution < 1.29 is 0 Å². The molecule has 0 aliphatic carbocycles.